The van der Waals surface area contributed by atoms with Crippen molar-refractivity contribution in [3.8, 4) is 6.07 Å². The second kappa shape index (κ2) is 4.32. The Morgan fingerprint density at radius 3 is 2.64 bits per heavy atom. The average Bonchev–Trinajstić information content (AvgIpc) is 2.01. The molecule has 1 rings (SSSR count). The van der Waals surface area contributed by atoms with Crippen LogP contribution in [0.3, 0.4) is 0 Å². The Morgan fingerprint density at radius 1 is 1.50 bits per heavy atom. The molecule has 1 aromatic carbocycles. The summed E-state index contributed by atoms with van der Waals surface area (Å²) in [7, 11) is 0. The lowest BCUT2D eigenvalue weighted by molar-refractivity contribution is -0.114. The summed E-state index contributed by atoms with van der Waals surface area (Å²) in [4.78, 5) is 10.8. The van der Waals surface area contributed by atoms with Crippen LogP contribution in [0, 0.1) is 11.3 Å². The first-order valence-electron chi connectivity index (χ1n) is 3.71. The van der Waals surface area contributed by atoms with Gasteiger partial charge in [-0.25, -0.2) is 0 Å². The van der Waals surface area contributed by atoms with Gasteiger partial charge < -0.3 is 5.32 Å². The molecule has 0 atom stereocenters. The van der Waals surface area contributed by atoms with Crippen molar-refractivity contribution in [3.05, 3.63) is 27.7 Å². The van der Waals surface area contributed by atoms with Crippen molar-refractivity contribution in [2.24, 2.45) is 0 Å². The van der Waals surface area contributed by atoms with Crippen LogP contribution in [0.1, 0.15) is 12.5 Å². The molecule has 72 valence electrons. The van der Waals surface area contributed by atoms with Gasteiger partial charge in [-0.3, -0.25) is 4.79 Å². The van der Waals surface area contributed by atoms with Gasteiger partial charge in [-0.15, -0.1) is 0 Å². The third-order valence-electron chi connectivity index (χ3n) is 1.48. The SMILES string of the molecule is CC(=O)Nc1cc(Cl)cc(Cl)c1C#N. The Balaban J connectivity index is 3.26. The van der Waals surface area contributed by atoms with Gasteiger partial charge in [-0.1, -0.05) is 23.2 Å². The number of carbonyl (C=O) groups is 1. The third kappa shape index (κ3) is 2.38. The van der Waals surface area contributed by atoms with Crippen LogP contribution >= 0.6 is 23.2 Å². The van der Waals surface area contributed by atoms with E-state index in [1.165, 1.54) is 19.1 Å². The number of benzene rings is 1. The highest BCUT2D eigenvalue weighted by Gasteiger charge is 2.09. The smallest absolute Gasteiger partial charge is 0.221 e. The maximum Gasteiger partial charge on any atom is 0.221 e. The van der Waals surface area contributed by atoms with Gasteiger partial charge in [0.2, 0.25) is 5.91 Å². The minimum Gasteiger partial charge on any atom is -0.325 e. The van der Waals surface area contributed by atoms with Gasteiger partial charge in [0.25, 0.3) is 0 Å². The highest BCUT2D eigenvalue weighted by atomic mass is 35.5. The molecule has 0 aliphatic rings. The number of carbonyl (C=O) groups excluding carboxylic acids is 1. The van der Waals surface area contributed by atoms with E-state index < -0.39 is 0 Å². The average molecular weight is 229 g/mol. The molecule has 0 saturated carbocycles. The molecule has 0 heterocycles. The number of rotatable bonds is 1. The summed E-state index contributed by atoms with van der Waals surface area (Å²) in [5.74, 6) is -0.278. The second-order valence-electron chi connectivity index (χ2n) is 2.60. The summed E-state index contributed by atoms with van der Waals surface area (Å²) >= 11 is 11.5. The monoisotopic (exact) mass is 228 g/mol. The van der Waals surface area contributed by atoms with E-state index in [1.807, 2.05) is 6.07 Å². The fourth-order valence-electron chi connectivity index (χ4n) is 0.975. The van der Waals surface area contributed by atoms with Crippen molar-refractivity contribution in [1.82, 2.24) is 0 Å². The topological polar surface area (TPSA) is 52.9 Å². The summed E-state index contributed by atoms with van der Waals surface area (Å²) < 4.78 is 0. The first kappa shape index (κ1) is 10.8. The van der Waals surface area contributed by atoms with Crippen molar-refractivity contribution in [3.63, 3.8) is 0 Å². The van der Waals surface area contributed by atoms with Gasteiger partial charge in [0.1, 0.15) is 6.07 Å². The van der Waals surface area contributed by atoms with E-state index in [4.69, 9.17) is 28.5 Å². The molecule has 1 N–H and O–H groups in total. The predicted octanol–water partition coefficient (Wildman–Crippen LogP) is 2.82. The minimum absolute atomic E-state index is 0.214. The third-order valence-corrected chi connectivity index (χ3v) is 1.99. The molecular formula is C9H6Cl2N2O. The highest BCUT2D eigenvalue weighted by molar-refractivity contribution is 6.36. The quantitative estimate of drug-likeness (QED) is 0.804. The van der Waals surface area contributed by atoms with Crippen molar-refractivity contribution in [2.75, 3.05) is 5.32 Å². The molecule has 0 radical (unpaired) electrons. The molecule has 0 spiro atoms. The molecule has 3 nitrogen and oxygen atoms in total. The molecule has 0 bridgehead atoms. The van der Waals surface area contributed by atoms with Crippen molar-refractivity contribution in [2.45, 2.75) is 6.92 Å². The van der Waals surface area contributed by atoms with Crippen LogP contribution in [0.5, 0.6) is 0 Å². The van der Waals surface area contributed by atoms with E-state index in [9.17, 15) is 4.79 Å². The molecule has 1 amide bonds. The molecule has 0 aliphatic heterocycles. The summed E-state index contributed by atoms with van der Waals surface area (Å²) in [6.45, 7) is 1.34. The lowest BCUT2D eigenvalue weighted by atomic mass is 10.2. The van der Waals surface area contributed by atoms with E-state index in [0.29, 0.717) is 10.7 Å². The van der Waals surface area contributed by atoms with E-state index in [2.05, 4.69) is 5.32 Å². The molecule has 5 heteroatoms. The summed E-state index contributed by atoms with van der Waals surface area (Å²) in [6, 6.07) is 4.82. The Labute approximate surface area is 91.2 Å². The van der Waals surface area contributed by atoms with Crippen LogP contribution in [0.25, 0.3) is 0 Å². The number of nitrogens with one attached hydrogen (secondary N) is 1. The van der Waals surface area contributed by atoms with Crippen LogP contribution in [0.4, 0.5) is 5.69 Å². The number of anilines is 1. The summed E-state index contributed by atoms with van der Waals surface area (Å²) in [5, 5.41) is 11.8. The number of hydrogen-bond acceptors (Lipinski definition) is 2. The van der Waals surface area contributed by atoms with Gasteiger partial charge in [-0.05, 0) is 12.1 Å². The number of hydrogen-bond donors (Lipinski definition) is 1. The van der Waals surface area contributed by atoms with E-state index in [1.54, 1.807) is 0 Å². The van der Waals surface area contributed by atoms with Crippen molar-refractivity contribution >= 4 is 34.8 Å². The first-order chi connectivity index (χ1) is 6.54. The number of nitrogens with zero attached hydrogens (tertiary/aromatic N) is 1. The zero-order chi connectivity index (χ0) is 10.7. The van der Waals surface area contributed by atoms with Gasteiger partial charge in [0.15, 0.2) is 0 Å². The largest absolute Gasteiger partial charge is 0.325 e. The van der Waals surface area contributed by atoms with Crippen LogP contribution in [-0.4, -0.2) is 5.91 Å². The maximum absolute atomic E-state index is 10.8. The lowest BCUT2D eigenvalue weighted by Crippen LogP contribution is -2.07. The Hall–Kier alpha value is -1.24. The zero-order valence-corrected chi connectivity index (χ0v) is 8.78. The van der Waals surface area contributed by atoms with E-state index >= 15 is 0 Å². The van der Waals surface area contributed by atoms with Crippen molar-refractivity contribution < 1.29 is 4.79 Å². The zero-order valence-electron chi connectivity index (χ0n) is 7.27. The van der Waals surface area contributed by atoms with E-state index in [-0.39, 0.29) is 16.5 Å². The fraction of sp³-hybridized carbons (Fsp3) is 0.111. The standard InChI is InChI=1S/C9H6Cl2N2O/c1-5(14)13-9-3-6(10)2-8(11)7(9)4-12/h2-3H,1H3,(H,13,14). The summed E-state index contributed by atoms with van der Waals surface area (Å²) in [5.41, 5.74) is 0.545. The van der Waals surface area contributed by atoms with Gasteiger partial charge in [-0.2, -0.15) is 5.26 Å². The molecule has 1 aromatic rings. The van der Waals surface area contributed by atoms with Gasteiger partial charge in [0.05, 0.1) is 16.3 Å². The van der Waals surface area contributed by atoms with Crippen LogP contribution < -0.4 is 5.32 Å². The van der Waals surface area contributed by atoms with Crippen LogP contribution in [0.15, 0.2) is 12.1 Å². The number of halogens is 2. The summed E-state index contributed by atoms with van der Waals surface area (Å²) in [6.07, 6.45) is 0. The molecule has 14 heavy (non-hydrogen) atoms. The maximum atomic E-state index is 10.8. The van der Waals surface area contributed by atoms with Gasteiger partial charge >= 0.3 is 0 Å². The number of amides is 1. The predicted molar refractivity (Wildman–Crippen MR) is 55.5 cm³/mol. The molecule has 0 unspecified atom stereocenters. The Morgan fingerprint density at radius 2 is 2.14 bits per heavy atom. The minimum atomic E-state index is -0.278. The normalized spacial score (nSPS) is 9.29. The van der Waals surface area contributed by atoms with Gasteiger partial charge in [0, 0.05) is 11.9 Å². The molecule has 0 saturated heterocycles. The fourth-order valence-corrected chi connectivity index (χ4v) is 1.51. The van der Waals surface area contributed by atoms with Crippen LogP contribution in [-0.2, 0) is 4.79 Å². The van der Waals surface area contributed by atoms with Crippen molar-refractivity contribution in [1.29, 1.82) is 5.26 Å². The van der Waals surface area contributed by atoms with Crippen LogP contribution in [0.2, 0.25) is 10.0 Å². The second-order valence-corrected chi connectivity index (χ2v) is 3.45. The molecule has 0 fully saturated rings. The first-order valence-corrected chi connectivity index (χ1v) is 4.47. The molecular weight excluding hydrogens is 223 g/mol. The molecule has 0 aliphatic carbocycles. The van der Waals surface area contributed by atoms with E-state index in [0.717, 1.165) is 0 Å². The Kier molecular flexibility index (Phi) is 3.34. The number of nitriles is 1. The lowest BCUT2D eigenvalue weighted by Gasteiger charge is -2.06. The Bertz CT molecular complexity index is 424. The molecule has 0 aromatic heterocycles. The highest BCUT2D eigenvalue weighted by Crippen LogP contribution is 2.28.